The second kappa shape index (κ2) is 5.90. The second-order valence-corrected chi connectivity index (χ2v) is 4.95. The monoisotopic (exact) mass is 289 g/mol. The highest BCUT2D eigenvalue weighted by molar-refractivity contribution is 5.73. The molecule has 0 unspecified atom stereocenters. The molecule has 2 heterocycles. The minimum atomic E-state index is -0.311. The van der Waals surface area contributed by atoms with E-state index < -0.39 is 0 Å². The summed E-state index contributed by atoms with van der Waals surface area (Å²) in [6.07, 6.45) is 2.02. The average molecular weight is 289 g/mol. The quantitative estimate of drug-likeness (QED) is 0.892. The molecule has 7 heteroatoms. The van der Waals surface area contributed by atoms with Crippen molar-refractivity contribution in [3.8, 4) is 0 Å². The molecule has 1 aliphatic rings. The Morgan fingerprint density at radius 3 is 3.00 bits per heavy atom. The second-order valence-electron chi connectivity index (χ2n) is 4.95. The highest BCUT2D eigenvalue weighted by Crippen LogP contribution is 2.13. The first-order chi connectivity index (χ1) is 10.2. The Morgan fingerprint density at radius 2 is 2.14 bits per heavy atom. The molecule has 2 amide bonds. The number of halogens is 1. The maximum absolute atomic E-state index is 13.0. The molecule has 0 saturated carbocycles. The lowest BCUT2D eigenvalue weighted by Crippen LogP contribution is -2.35. The summed E-state index contributed by atoms with van der Waals surface area (Å²) in [6.45, 7) is 1.52. The maximum atomic E-state index is 13.0. The van der Waals surface area contributed by atoms with Crippen molar-refractivity contribution in [1.29, 1.82) is 0 Å². The summed E-state index contributed by atoms with van der Waals surface area (Å²) in [7, 11) is 0. The standard InChI is InChI=1S/C14H16FN5O/c15-11-4-1-3-10(7-11)8-16-14(21)17-9-13-19-18-12-5-2-6-20(12)13/h1,3-4,7H,2,5-6,8-9H2,(H2,16,17,21). The molecule has 21 heavy (non-hydrogen) atoms. The van der Waals surface area contributed by atoms with Gasteiger partial charge < -0.3 is 15.2 Å². The van der Waals surface area contributed by atoms with E-state index in [-0.39, 0.29) is 18.4 Å². The number of amides is 2. The van der Waals surface area contributed by atoms with E-state index in [1.165, 1.54) is 12.1 Å². The average Bonchev–Trinajstić information content (AvgIpc) is 3.06. The molecular formula is C14H16FN5O. The van der Waals surface area contributed by atoms with Gasteiger partial charge in [0.1, 0.15) is 11.6 Å². The van der Waals surface area contributed by atoms with Gasteiger partial charge in [0.25, 0.3) is 0 Å². The fourth-order valence-electron chi connectivity index (χ4n) is 2.39. The summed E-state index contributed by atoms with van der Waals surface area (Å²) in [6, 6.07) is 5.83. The van der Waals surface area contributed by atoms with Crippen LogP contribution in [-0.4, -0.2) is 20.8 Å². The predicted octanol–water partition coefficient (Wildman–Crippen LogP) is 1.36. The third-order valence-corrected chi connectivity index (χ3v) is 3.44. The van der Waals surface area contributed by atoms with Crippen molar-refractivity contribution in [3.05, 3.63) is 47.3 Å². The molecular weight excluding hydrogens is 273 g/mol. The molecule has 0 saturated heterocycles. The van der Waals surface area contributed by atoms with Gasteiger partial charge in [0, 0.05) is 19.5 Å². The molecule has 1 aliphatic heterocycles. The largest absolute Gasteiger partial charge is 0.334 e. The van der Waals surface area contributed by atoms with Crippen molar-refractivity contribution in [3.63, 3.8) is 0 Å². The summed E-state index contributed by atoms with van der Waals surface area (Å²) in [5.74, 6) is 1.43. The molecule has 0 fully saturated rings. The van der Waals surface area contributed by atoms with Gasteiger partial charge in [0.05, 0.1) is 6.54 Å². The lowest BCUT2D eigenvalue weighted by molar-refractivity contribution is 0.239. The predicted molar refractivity (Wildman–Crippen MR) is 73.8 cm³/mol. The number of hydrogen-bond donors (Lipinski definition) is 2. The van der Waals surface area contributed by atoms with Crippen molar-refractivity contribution < 1.29 is 9.18 Å². The number of aromatic nitrogens is 3. The number of carbonyl (C=O) groups excluding carboxylic acids is 1. The van der Waals surface area contributed by atoms with Crippen molar-refractivity contribution in [1.82, 2.24) is 25.4 Å². The van der Waals surface area contributed by atoms with E-state index in [1.54, 1.807) is 12.1 Å². The van der Waals surface area contributed by atoms with E-state index in [9.17, 15) is 9.18 Å². The molecule has 2 aromatic rings. The Morgan fingerprint density at radius 1 is 1.29 bits per heavy atom. The van der Waals surface area contributed by atoms with E-state index in [0.717, 1.165) is 31.0 Å². The zero-order chi connectivity index (χ0) is 14.7. The van der Waals surface area contributed by atoms with Gasteiger partial charge in [0.15, 0.2) is 5.82 Å². The van der Waals surface area contributed by atoms with Gasteiger partial charge in [0.2, 0.25) is 0 Å². The molecule has 0 atom stereocenters. The van der Waals surface area contributed by atoms with Crippen LogP contribution in [0, 0.1) is 5.82 Å². The van der Waals surface area contributed by atoms with Crippen LogP contribution in [0.5, 0.6) is 0 Å². The van der Waals surface area contributed by atoms with Gasteiger partial charge in [-0.05, 0) is 24.1 Å². The summed E-state index contributed by atoms with van der Waals surface area (Å²) in [5.41, 5.74) is 0.716. The Bertz CT molecular complexity index is 655. The third-order valence-electron chi connectivity index (χ3n) is 3.44. The van der Waals surface area contributed by atoms with E-state index in [2.05, 4.69) is 20.8 Å². The number of hydrogen-bond acceptors (Lipinski definition) is 3. The van der Waals surface area contributed by atoms with Crippen LogP contribution in [0.4, 0.5) is 9.18 Å². The van der Waals surface area contributed by atoms with Gasteiger partial charge in [-0.25, -0.2) is 9.18 Å². The third kappa shape index (κ3) is 3.18. The number of benzene rings is 1. The first-order valence-electron chi connectivity index (χ1n) is 6.89. The van der Waals surface area contributed by atoms with Gasteiger partial charge in [-0.3, -0.25) is 0 Å². The van der Waals surface area contributed by atoms with Gasteiger partial charge in [-0.1, -0.05) is 12.1 Å². The van der Waals surface area contributed by atoms with Gasteiger partial charge >= 0.3 is 6.03 Å². The molecule has 3 rings (SSSR count). The summed E-state index contributed by atoms with van der Waals surface area (Å²) >= 11 is 0. The molecule has 1 aromatic heterocycles. The Balaban J connectivity index is 1.48. The summed E-state index contributed by atoms with van der Waals surface area (Å²) < 4.78 is 15.0. The SMILES string of the molecule is O=C(NCc1cccc(F)c1)NCc1nnc2n1CCC2. The number of urea groups is 1. The van der Waals surface area contributed by atoms with Crippen molar-refractivity contribution >= 4 is 6.03 Å². The minimum Gasteiger partial charge on any atom is -0.334 e. The lowest BCUT2D eigenvalue weighted by Gasteiger charge is -2.08. The van der Waals surface area contributed by atoms with Crippen LogP contribution in [0.3, 0.4) is 0 Å². The molecule has 0 aliphatic carbocycles. The zero-order valence-electron chi connectivity index (χ0n) is 11.5. The highest BCUT2D eigenvalue weighted by atomic mass is 19.1. The van der Waals surface area contributed by atoms with Gasteiger partial charge in [-0.15, -0.1) is 10.2 Å². The van der Waals surface area contributed by atoms with Crippen LogP contribution in [0.1, 0.15) is 23.6 Å². The van der Waals surface area contributed by atoms with Gasteiger partial charge in [-0.2, -0.15) is 0 Å². The fourth-order valence-corrected chi connectivity index (χ4v) is 2.39. The van der Waals surface area contributed by atoms with E-state index in [1.807, 2.05) is 4.57 Å². The number of rotatable bonds is 4. The first kappa shape index (κ1) is 13.5. The Hall–Kier alpha value is -2.44. The normalized spacial score (nSPS) is 13.0. The van der Waals surface area contributed by atoms with Crippen molar-refractivity contribution in [2.75, 3.05) is 0 Å². The maximum Gasteiger partial charge on any atom is 0.315 e. The zero-order valence-corrected chi connectivity index (χ0v) is 11.5. The van der Waals surface area contributed by atoms with E-state index in [4.69, 9.17) is 0 Å². The molecule has 1 aromatic carbocycles. The topological polar surface area (TPSA) is 71.8 Å². The van der Waals surface area contributed by atoms with Crippen LogP contribution in [0.25, 0.3) is 0 Å². The minimum absolute atomic E-state index is 0.279. The number of carbonyl (C=O) groups is 1. The molecule has 0 radical (unpaired) electrons. The molecule has 0 bridgehead atoms. The lowest BCUT2D eigenvalue weighted by atomic mass is 10.2. The van der Waals surface area contributed by atoms with Crippen LogP contribution in [-0.2, 0) is 26.1 Å². The highest BCUT2D eigenvalue weighted by Gasteiger charge is 2.17. The van der Waals surface area contributed by atoms with Crippen LogP contribution in [0.15, 0.2) is 24.3 Å². The summed E-state index contributed by atoms with van der Waals surface area (Å²) in [5, 5.41) is 13.6. The van der Waals surface area contributed by atoms with E-state index in [0.29, 0.717) is 12.1 Å². The molecule has 110 valence electrons. The molecule has 6 nitrogen and oxygen atoms in total. The first-order valence-corrected chi connectivity index (χ1v) is 6.89. The molecule has 2 N–H and O–H groups in total. The Kier molecular flexibility index (Phi) is 3.81. The van der Waals surface area contributed by atoms with E-state index >= 15 is 0 Å². The van der Waals surface area contributed by atoms with Crippen LogP contribution in [0.2, 0.25) is 0 Å². The Labute approximate surface area is 121 Å². The number of nitrogens with zero attached hydrogens (tertiary/aromatic N) is 3. The van der Waals surface area contributed by atoms with Crippen LogP contribution >= 0.6 is 0 Å². The van der Waals surface area contributed by atoms with Crippen molar-refractivity contribution in [2.45, 2.75) is 32.5 Å². The number of fused-ring (bicyclic) bond motifs is 1. The van der Waals surface area contributed by atoms with Crippen molar-refractivity contribution in [2.24, 2.45) is 0 Å². The molecule has 0 spiro atoms. The van der Waals surface area contributed by atoms with Crippen LogP contribution < -0.4 is 10.6 Å². The number of nitrogens with one attached hydrogen (secondary N) is 2. The number of aryl methyl sites for hydroxylation is 1. The summed E-state index contributed by atoms with van der Waals surface area (Å²) in [4.78, 5) is 11.7. The fraction of sp³-hybridized carbons (Fsp3) is 0.357. The smallest absolute Gasteiger partial charge is 0.315 e.